The molecular formula is C15H19BrClN3S. The van der Waals surface area contributed by atoms with Crippen molar-refractivity contribution in [2.24, 2.45) is 0 Å². The van der Waals surface area contributed by atoms with E-state index >= 15 is 0 Å². The normalized spacial score (nSPS) is 12.9. The number of nitrogens with zero attached hydrogens (tertiary/aromatic N) is 2. The molecule has 0 amide bonds. The summed E-state index contributed by atoms with van der Waals surface area (Å²) in [5.74, 6) is 0.911. The molecule has 1 heterocycles. The summed E-state index contributed by atoms with van der Waals surface area (Å²) in [6.45, 7) is 4.28. The number of aromatic nitrogens is 2. The van der Waals surface area contributed by atoms with Gasteiger partial charge in [0.1, 0.15) is 0 Å². The Balaban J connectivity index is 2.15. The molecule has 0 radical (unpaired) electrons. The van der Waals surface area contributed by atoms with E-state index in [4.69, 9.17) is 11.6 Å². The lowest BCUT2D eigenvalue weighted by Gasteiger charge is -2.20. The Labute approximate surface area is 143 Å². The SMILES string of the molecule is CNC(CSc1cccc(Cl)c1)c1c(Br)cnn1C(C)C. The lowest BCUT2D eigenvalue weighted by Crippen LogP contribution is -2.23. The zero-order valence-electron chi connectivity index (χ0n) is 12.3. The molecule has 0 spiro atoms. The summed E-state index contributed by atoms with van der Waals surface area (Å²) < 4.78 is 3.10. The second kappa shape index (κ2) is 7.68. The van der Waals surface area contributed by atoms with Crippen molar-refractivity contribution in [1.29, 1.82) is 0 Å². The van der Waals surface area contributed by atoms with Crippen LogP contribution in [0.3, 0.4) is 0 Å². The van der Waals surface area contributed by atoms with Gasteiger partial charge >= 0.3 is 0 Å². The molecule has 0 fully saturated rings. The molecule has 3 nitrogen and oxygen atoms in total. The first-order chi connectivity index (χ1) is 10.0. The van der Waals surface area contributed by atoms with Crippen molar-refractivity contribution >= 4 is 39.3 Å². The first-order valence-electron chi connectivity index (χ1n) is 6.81. The second-order valence-corrected chi connectivity index (χ2v) is 7.41. The van der Waals surface area contributed by atoms with E-state index in [-0.39, 0.29) is 6.04 Å². The van der Waals surface area contributed by atoms with Crippen molar-refractivity contribution in [3.8, 4) is 0 Å². The van der Waals surface area contributed by atoms with Gasteiger partial charge in [0.25, 0.3) is 0 Å². The van der Waals surface area contributed by atoms with Crippen LogP contribution in [0.1, 0.15) is 31.6 Å². The number of rotatable bonds is 6. The molecule has 0 aliphatic heterocycles. The zero-order valence-corrected chi connectivity index (χ0v) is 15.5. The Kier molecular flexibility index (Phi) is 6.17. The van der Waals surface area contributed by atoms with Gasteiger partial charge in [-0.1, -0.05) is 17.7 Å². The van der Waals surface area contributed by atoms with Gasteiger partial charge in [0, 0.05) is 21.7 Å². The monoisotopic (exact) mass is 387 g/mol. The minimum absolute atomic E-state index is 0.216. The highest BCUT2D eigenvalue weighted by Crippen LogP contribution is 2.31. The van der Waals surface area contributed by atoms with E-state index in [9.17, 15) is 0 Å². The molecule has 2 rings (SSSR count). The molecule has 21 heavy (non-hydrogen) atoms. The second-order valence-electron chi connectivity index (χ2n) is 5.03. The fourth-order valence-corrected chi connectivity index (χ4v) is 4.00. The molecule has 1 atom stereocenters. The Morgan fingerprint density at radius 1 is 1.43 bits per heavy atom. The van der Waals surface area contributed by atoms with Crippen LogP contribution in [0.2, 0.25) is 5.02 Å². The topological polar surface area (TPSA) is 29.9 Å². The number of halogens is 2. The molecule has 1 unspecified atom stereocenters. The Morgan fingerprint density at radius 3 is 2.81 bits per heavy atom. The summed E-state index contributed by atoms with van der Waals surface area (Å²) >= 11 is 11.4. The molecule has 1 aromatic heterocycles. The minimum Gasteiger partial charge on any atom is -0.311 e. The highest BCUT2D eigenvalue weighted by atomic mass is 79.9. The van der Waals surface area contributed by atoms with Crippen LogP contribution in [0.5, 0.6) is 0 Å². The lowest BCUT2D eigenvalue weighted by molar-refractivity contribution is 0.476. The molecule has 2 aromatic rings. The van der Waals surface area contributed by atoms with Gasteiger partial charge < -0.3 is 5.32 Å². The summed E-state index contributed by atoms with van der Waals surface area (Å²) in [5.41, 5.74) is 1.18. The van der Waals surface area contributed by atoms with Crippen molar-refractivity contribution in [3.63, 3.8) is 0 Å². The standard InChI is InChI=1S/C15H19BrClN3S/c1-10(2)20-15(13(16)8-19-20)14(18-3)9-21-12-6-4-5-11(17)7-12/h4-8,10,14,18H,9H2,1-3H3. The van der Waals surface area contributed by atoms with E-state index in [0.717, 1.165) is 15.2 Å². The molecular weight excluding hydrogens is 370 g/mol. The van der Waals surface area contributed by atoms with Crippen molar-refractivity contribution in [3.05, 3.63) is 45.7 Å². The number of thioether (sulfide) groups is 1. The fraction of sp³-hybridized carbons (Fsp3) is 0.400. The van der Waals surface area contributed by atoms with Crippen LogP contribution in [-0.2, 0) is 0 Å². The van der Waals surface area contributed by atoms with E-state index in [0.29, 0.717) is 6.04 Å². The predicted molar refractivity (Wildman–Crippen MR) is 94.3 cm³/mol. The summed E-state index contributed by atoms with van der Waals surface area (Å²) in [5, 5.41) is 8.61. The minimum atomic E-state index is 0.216. The van der Waals surface area contributed by atoms with Crippen LogP contribution < -0.4 is 5.32 Å². The maximum atomic E-state index is 6.04. The van der Waals surface area contributed by atoms with E-state index in [1.807, 2.05) is 31.4 Å². The van der Waals surface area contributed by atoms with E-state index in [1.165, 1.54) is 10.6 Å². The number of nitrogens with one attached hydrogen (secondary N) is 1. The van der Waals surface area contributed by atoms with Gasteiger partial charge in [0.2, 0.25) is 0 Å². The van der Waals surface area contributed by atoms with Crippen molar-refractivity contribution in [1.82, 2.24) is 15.1 Å². The van der Waals surface area contributed by atoms with Gasteiger partial charge in [0.05, 0.1) is 22.4 Å². The first-order valence-corrected chi connectivity index (χ1v) is 8.97. The largest absolute Gasteiger partial charge is 0.311 e. The number of benzene rings is 1. The maximum Gasteiger partial charge on any atom is 0.0707 e. The van der Waals surface area contributed by atoms with Gasteiger partial charge in [-0.05, 0) is 55.0 Å². The quantitative estimate of drug-likeness (QED) is 0.711. The summed E-state index contributed by atoms with van der Waals surface area (Å²) in [6, 6.07) is 8.50. The van der Waals surface area contributed by atoms with Crippen LogP contribution in [-0.4, -0.2) is 22.6 Å². The predicted octanol–water partition coefficient (Wildman–Crippen LogP) is 4.93. The highest BCUT2D eigenvalue weighted by molar-refractivity contribution is 9.10. The van der Waals surface area contributed by atoms with Gasteiger partial charge in [-0.3, -0.25) is 4.68 Å². The van der Waals surface area contributed by atoms with E-state index in [2.05, 4.69) is 50.9 Å². The fourth-order valence-electron chi connectivity index (χ4n) is 2.12. The Hall–Kier alpha value is -0.490. The Bertz CT molecular complexity index is 600. The third kappa shape index (κ3) is 4.25. The van der Waals surface area contributed by atoms with Gasteiger partial charge in [-0.25, -0.2) is 0 Å². The third-order valence-electron chi connectivity index (χ3n) is 3.17. The molecule has 0 saturated heterocycles. The van der Waals surface area contributed by atoms with Crippen molar-refractivity contribution < 1.29 is 0 Å². The average Bonchev–Trinajstić information content (AvgIpc) is 2.82. The molecule has 0 aliphatic rings. The van der Waals surface area contributed by atoms with Crippen LogP contribution in [0.25, 0.3) is 0 Å². The van der Waals surface area contributed by atoms with Crippen LogP contribution >= 0.6 is 39.3 Å². The van der Waals surface area contributed by atoms with E-state index < -0.39 is 0 Å². The smallest absolute Gasteiger partial charge is 0.0707 e. The summed E-state index contributed by atoms with van der Waals surface area (Å²) in [7, 11) is 1.98. The van der Waals surface area contributed by atoms with Gasteiger partial charge in [-0.2, -0.15) is 5.10 Å². The summed E-state index contributed by atoms with van der Waals surface area (Å²) in [6.07, 6.45) is 1.86. The molecule has 0 bridgehead atoms. The molecule has 0 aliphatic carbocycles. The van der Waals surface area contributed by atoms with Crippen molar-refractivity contribution in [2.75, 3.05) is 12.8 Å². The molecule has 1 aromatic carbocycles. The molecule has 6 heteroatoms. The van der Waals surface area contributed by atoms with Crippen LogP contribution in [0.15, 0.2) is 39.8 Å². The lowest BCUT2D eigenvalue weighted by atomic mass is 10.2. The van der Waals surface area contributed by atoms with Crippen molar-refractivity contribution in [2.45, 2.75) is 30.8 Å². The highest BCUT2D eigenvalue weighted by Gasteiger charge is 2.20. The summed E-state index contributed by atoms with van der Waals surface area (Å²) in [4.78, 5) is 1.18. The van der Waals surface area contributed by atoms with Gasteiger partial charge in [0.15, 0.2) is 0 Å². The van der Waals surface area contributed by atoms with Crippen LogP contribution in [0, 0.1) is 0 Å². The molecule has 0 saturated carbocycles. The third-order valence-corrected chi connectivity index (χ3v) is 5.10. The zero-order chi connectivity index (χ0) is 15.4. The maximum absolute atomic E-state index is 6.04. The Morgan fingerprint density at radius 2 is 2.19 bits per heavy atom. The average molecular weight is 389 g/mol. The number of hydrogen-bond donors (Lipinski definition) is 1. The number of hydrogen-bond acceptors (Lipinski definition) is 3. The van der Waals surface area contributed by atoms with Crippen LogP contribution in [0.4, 0.5) is 0 Å². The van der Waals surface area contributed by atoms with Gasteiger partial charge in [-0.15, -0.1) is 11.8 Å². The van der Waals surface area contributed by atoms with E-state index in [1.54, 1.807) is 11.8 Å². The molecule has 114 valence electrons. The molecule has 1 N–H and O–H groups in total. The first kappa shape index (κ1) is 16.9.